The molecule has 0 radical (unpaired) electrons. The van der Waals surface area contributed by atoms with Crippen molar-refractivity contribution < 1.29 is 0 Å². The lowest BCUT2D eigenvalue weighted by Gasteiger charge is -2.10. The summed E-state index contributed by atoms with van der Waals surface area (Å²) in [5.41, 5.74) is 9.72. The highest BCUT2D eigenvalue weighted by Crippen LogP contribution is 2.37. The van der Waals surface area contributed by atoms with Crippen LogP contribution in [0.2, 0.25) is 0 Å². The zero-order chi connectivity index (χ0) is 15.9. The third-order valence-corrected chi connectivity index (χ3v) is 4.87. The first-order valence-corrected chi connectivity index (χ1v) is 8.68. The first-order valence-electron chi connectivity index (χ1n) is 8.68. The summed E-state index contributed by atoms with van der Waals surface area (Å²) in [6.45, 7) is 0.835. The van der Waals surface area contributed by atoms with Crippen LogP contribution in [0.4, 0.5) is 0 Å². The monoisotopic (exact) mass is 303 g/mol. The van der Waals surface area contributed by atoms with E-state index in [0.717, 1.165) is 30.9 Å². The van der Waals surface area contributed by atoms with Crippen LogP contribution in [0.1, 0.15) is 48.3 Å². The second kappa shape index (κ2) is 7.99. The number of aryl methyl sites for hydroxylation is 1. The molecular weight excluding hydrogens is 278 g/mol. The molecule has 3 rings (SSSR count). The Labute approximate surface area is 139 Å². The van der Waals surface area contributed by atoms with Crippen molar-refractivity contribution in [1.82, 2.24) is 0 Å². The molecule has 2 unspecified atom stereocenters. The van der Waals surface area contributed by atoms with Crippen LogP contribution < -0.4 is 5.73 Å². The summed E-state index contributed by atoms with van der Waals surface area (Å²) in [4.78, 5) is 0. The Kier molecular flexibility index (Phi) is 5.51. The Morgan fingerprint density at radius 1 is 0.957 bits per heavy atom. The van der Waals surface area contributed by atoms with Gasteiger partial charge in [0.1, 0.15) is 0 Å². The number of nitrogens with two attached hydrogens (primary N) is 1. The van der Waals surface area contributed by atoms with Crippen LogP contribution in [-0.4, -0.2) is 6.54 Å². The molecule has 118 valence electrons. The lowest BCUT2D eigenvalue weighted by Crippen LogP contribution is -2.10. The second-order valence-electron chi connectivity index (χ2n) is 6.52. The van der Waals surface area contributed by atoms with E-state index in [1.807, 2.05) is 0 Å². The molecule has 0 spiro atoms. The maximum atomic E-state index is 5.79. The molecule has 23 heavy (non-hydrogen) atoms. The van der Waals surface area contributed by atoms with E-state index in [4.69, 9.17) is 5.73 Å². The third-order valence-electron chi connectivity index (χ3n) is 4.87. The molecular formula is C22H25N. The lowest BCUT2D eigenvalue weighted by molar-refractivity contribution is 0.551. The highest BCUT2D eigenvalue weighted by atomic mass is 14.6. The van der Waals surface area contributed by atoms with Gasteiger partial charge in [0.05, 0.1) is 0 Å². The molecule has 0 heterocycles. The first-order chi connectivity index (χ1) is 11.3. The van der Waals surface area contributed by atoms with Crippen molar-refractivity contribution in [1.29, 1.82) is 0 Å². The quantitative estimate of drug-likeness (QED) is 0.826. The largest absolute Gasteiger partial charge is 0.330 e. The normalized spacial score (nSPS) is 20.0. The molecule has 2 atom stereocenters. The SMILES string of the molecule is NCC1CCC(c2ccc(C#CCCc3ccccc3)cc2)C1. The molecule has 1 aliphatic carbocycles. The molecule has 0 aromatic heterocycles. The number of rotatable bonds is 4. The molecule has 2 aromatic rings. The maximum Gasteiger partial charge on any atom is 0.0245 e. The number of benzene rings is 2. The van der Waals surface area contributed by atoms with Gasteiger partial charge in [-0.15, -0.1) is 0 Å². The van der Waals surface area contributed by atoms with E-state index in [1.54, 1.807) is 0 Å². The van der Waals surface area contributed by atoms with Crippen molar-refractivity contribution in [3.05, 3.63) is 71.3 Å². The molecule has 0 amide bonds. The smallest absolute Gasteiger partial charge is 0.0245 e. The van der Waals surface area contributed by atoms with Crippen LogP contribution in [0.5, 0.6) is 0 Å². The summed E-state index contributed by atoms with van der Waals surface area (Å²) in [5, 5.41) is 0. The van der Waals surface area contributed by atoms with Crippen molar-refractivity contribution in [2.45, 2.75) is 38.0 Å². The van der Waals surface area contributed by atoms with Crippen molar-refractivity contribution in [3.8, 4) is 11.8 Å². The highest BCUT2D eigenvalue weighted by Gasteiger charge is 2.24. The van der Waals surface area contributed by atoms with Crippen LogP contribution in [-0.2, 0) is 6.42 Å². The maximum absolute atomic E-state index is 5.79. The van der Waals surface area contributed by atoms with Crippen LogP contribution in [0, 0.1) is 17.8 Å². The Balaban J connectivity index is 1.53. The van der Waals surface area contributed by atoms with Gasteiger partial charge in [-0.05, 0) is 67.3 Å². The van der Waals surface area contributed by atoms with Gasteiger partial charge < -0.3 is 5.73 Å². The molecule has 1 saturated carbocycles. The van der Waals surface area contributed by atoms with Gasteiger partial charge in [0.25, 0.3) is 0 Å². The van der Waals surface area contributed by atoms with Crippen LogP contribution in [0.25, 0.3) is 0 Å². The summed E-state index contributed by atoms with van der Waals surface area (Å²) in [6.07, 6.45) is 5.74. The average molecular weight is 303 g/mol. The molecule has 2 aromatic carbocycles. The van der Waals surface area contributed by atoms with Crippen molar-refractivity contribution in [2.75, 3.05) is 6.54 Å². The summed E-state index contributed by atoms with van der Waals surface area (Å²) in [7, 11) is 0. The van der Waals surface area contributed by atoms with Crippen LogP contribution >= 0.6 is 0 Å². The van der Waals surface area contributed by atoms with Gasteiger partial charge in [-0.1, -0.05) is 54.3 Å². The molecule has 0 bridgehead atoms. The molecule has 0 aliphatic heterocycles. The second-order valence-corrected chi connectivity index (χ2v) is 6.52. The van der Waals surface area contributed by atoms with Crippen LogP contribution in [0.15, 0.2) is 54.6 Å². The minimum absolute atomic E-state index is 0.698. The fourth-order valence-electron chi connectivity index (χ4n) is 3.45. The Morgan fingerprint density at radius 3 is 2.43 bits per heavy atom. The third kappa shape index (κ3) is 4.47. The zero-order valence-corrected chi connectivity index (χ0v) is 13.7. The van der Waals surface area contributed by atoms with E-state index in [0.29, 0.717) is 5.92 Å². The number of hydrogen-bond donors (Lipinski definition) is 1. The minimum atomic E-state index is 0.698. The Bertz CT molecular complexity index is 661. The number of hydrogen-bond acceptors (Lipinski definition) is 1. The van der Waals surface area contributed by atoms with Crippen molar-refractivity contribution in [3.63, 3.8) is 0 Å². The van der Waals surface area contributed by atoms with Gasteiger partial charge in [-0.3, -0.25) is 0 Å². The van der Waals surface area contributed by atoms with Gasteiger partial charge >= 0.3 is 0 Å². The van der Waals surface area contributed by atoms with E-state index in [1.165, 1.54) is 30.4 Å². The predicted octanol–water partition coefficient (Wildman–Crippen LogP) is 4.51. The summed E-state index contributed by atoms with van der Waals surface area (Å²) < 4.78 is 0. The molecule has 1 nitrogen and oxygen atoms in total. The minimum Gasteiger partial charge on any atom is -0.330 e. The fraction of sp³-hybridized carbons (Fsp3) is 0.364. The summed E-state index contributed by atoms with van der Waals surface area (Å²) in [6, 6.07) is 19.4. The summed E-state index contributed by atoms with van der Waals surface area (Å²) in [5.74, 6) is 7.99. The standard InChI is InChI=1S/C22H25N/c23-17-20-12-15-22(16-20)21-13-10-19(11-14-21)9-5-4-8-18-6-2-1-3-7-18/h1-3,6-7,10-11,13-14,20,22H,4,8,12,15-17,23H2. The van der Waals surface area contributed by atoms with E-state index in [2.05, 4.69) is 66.4 Å². The molecule has 1 fully saturated rings. The topological polar surface area (TPSA) is 26.0 Å². The van der Waals surface area contributed by atoms with E-state index in [9.17, 15) is 0 Å². The van der Waals surface area contributed by atoms with Crippen molar-refractivity contribution in [2.24, 2.45) is 11.7 Å². The van der Waals surface area contributed by atoms with Crippen LogP contribution in [0.3, 0.4) is 0 Å². The van der Waals surface area contributed by atoms with Gasteiger partial charge in [0.2, 0.25) is 0 Å². The molecule has 1 heteroatoms. The lowest BCUT2D eigenvalue weighted by atomic mass is 9.95. The van der Waals surface area contributed by atoms with E-state index in [-0.39, 0.29) is 0 Å². The fourth-order valence-corrected chi connectivity index (χ4v) is 3.45. The van der Waals surface area contributed by atoms with Crippen molar-refractivity contribution >= 4 is 0 Å². The first kappa shape index (κ1) is 15.8. The highest BCUT2D eigenvalue weighted by molar-refractivity contribution is 5.37. The predicted molar refractivity (Wildman–Crippen MR) is 97.2 cm³/mol. The summed E-state index contributed by atoms with van der Waals surface area (Å²) >= 11 is 0. The van der Waals surface area contributed by atoms with Gasteiger partial charge in [0, 0.05) is 12.0 Å². The van der Waals surface area contributed by atoms with E-state index < -0.39 is 0 Å². The molecule has 1 aliphatic rings. The Hall–Kier alpha value is -2.04. The van der Waals surface area contributed by atoms with Gasteiger partial charge in [-0.25, -0.2) is 0 Å². The average Bonchev–Trinajstić information content (AvgIpc) is 3.09. The molecule has 0 saturated heterocycles. The van der Waals surface area contributed by atoms with Gasteiger partial charge in [-0.2, -0.15) is 0 Å². The van der Waals surface area contributed by atoms with E-state index >= 15 is 0 Å². The van der Waals surface area contributed by atoms with Gasteiger partial charge in [0.15, 0.2) is 0 Å². The zero-order valence-electron chi connectivity index (χ0n) is 13.7. The molecule has 2 N–H and O–H groups in total. The Morgan fingerprint density at radius 2 is 1.74 bits per heavy atom.